The number of methoxy groups -OCH3 is 1. The van der Waals surface area contributed by atoms with Crippen molar-refractivity contribution in [3.63, 3.8) is 0 Å². The molecule has 2 fully saturated rings. The highest BCUT2D eigenvalue weighted by atomic mass is 16.5. The summed E-state index contributed by atoms with van der Waals surface area (Å²) < 4.78 is 11.4. The first-order valence-electron chi connectivity index (χ1n) is 9.03. The number of carbonyl (C=O) groups is 2. The Morgan fingerprint density at radius 3 is 3.00 bits per heavy atom. The van der Waals surface area contributed by atoms with Gasteiger partial charge in [0, 0.05) is 20.1 Å². The van der Waals surface area contributed by atoms with E-state index in [4.69, 9.17) is 9.47 Å². The van der Waals surface area contributed by atoms with Crippen LogP contribution in [0.15, 0.2) is 36.4 Å². The molecular formula is C20H24N2O4. The lowest BCUT2D eigenvalue weighted by Crippen LogP contribution is -2.44. The van der Waals surface area contributed by atoms with Crippen LogP contribution in [0.3, 0.4) is 0 Å². The van der Waals surface area contributed by atoms with Crippen molar-refractivity contribution in [2.75, 3.05) is 27.2 Å². The molecule has 2 amide bonds. The predicted molar refractivity (Wildman–Crippen MR) is 95.4 cm³/mol. The van der Waals surface area contributed by atoms with E-state index >= 15 is 0 Å². The van der Waals surface area contributed by atoms with E-state index in [1.54, 1.807) is 24.0 Å². The summed E-state index contributed by atoms with van der Waals surface area (Å²) >= 11 is 0. The average molecular weight is 356 g/mol. The van der Waals surface area contributed by atoms with Gasteiger partial charge in [-0.05, 0) is 24.6 Å². The lowest BCUT2D eigenvalue weighted by Gasteiger charge is -2.27. The fourth-order valence-corrected chi connectivity index (χ4v) is 4.40. The van der Waals surface area contributed by atoms with Crippen molar-refractivity contribution in [1.29, 1.82) is 0 Å². The van der Waals surface area contributed by atoms with E-state index in [0.717, 1.165) is 11.3 Å². The second-order valence-electron chi connectivity index (χ2n) is 7.30. The Kier molecular flexibility index (Phi) is 4.03. The summed E-state index contributed by atoms with van der Waals surface area (Å²) in [4.78, 5) is 29.5. The number of amides is 2. The van der Waals surface area contributed by atoms with Crippen molar-refractivity contribution in [3.8, 4) is 5.75 Å². The van der Waals surface area contributed by atoms with Crippen LogP contribution in [0.5, 0.6) is 5.75 Å². The monoisotopic (exact) mass is 356 g/mol. The summed E-state index contributed by atoms with van der Waals surface area (Å²) in [6, 6.07) is 7.70. The van der Waals surface area contributed by atoms with Gasteiger partial charge in [-0.1, -0.05) is 24.3 Å². The second kappa shape index (κ2) is 6.13. The van der Waals surface area contributed by atoms with E-state index in [2.05, 4.69) is 0 Å². The summed E-state index contributed by atoms with van der Waals surface area (Å²) in [5.41, 5.74) is 0.344. The first kappa shape index (κ1) is 17.1. The number of ether oxygens (including phenoxy) is 2. The van der Waals surface area contributed by atoms with Crippen LogP contribution in [0.1, 0.15) is 12.5 Å². The molecule has 6 nitrogen and oxygen atoms in total. The Bertz CT molecular complexity index is 777. The van der Waals surface area contributed by atoms with E-state index in [9.17, 15) is 9.59 Å². The van der Waals surface area contributed by atoms with Crippen molar-refractivity contribution in [2.45, 2.75) is 25.2 Å². The molecule has 3 heterocycles. The molecule has 2 saturated heterocycles. The zero-order chi connectivity index (χ0) is 18.5. The molecule has 2 bridgehead atoms. The number of benzene rings is 1. The predicted octanol–water partition coefficient (Wildman–Crippen LogP) is 1.46. The lowest BCUT2D eigenvalue weighted by molar-refractivity contribution is -0.142. The van der Waals surface area contributed by atoms with Gasteiger partial charge < -0.3 is 19.3 Å². The zero-order valence-corrected chi connectivity index (χ0v) is 15.3. The molecular weight excluding hydrogens is 332 g/mol. The molecule has 1 spiro atoms. The van der Waals surface area contributed by atoms with Gasteiger partial charge in [-0.3, -0.25) is 9.59 Å². The first-order chi connectivity index (χ1) is 12.5. The number of likely N-dealkylation sites (tertiary alicyclic amines) is 1. The van der Waals surface area contributed by atoms with E-state index in [1.165, 1.54) is 0 Å². The molecule has 0 radical (unpaired) electrons. The minimum atomic E-state index is -0.657. The molecule has 2 unspecified atom stereocenters. The van der Waals surface area contributed by atoms with Crippen LogP contribution >= 0.6 is 0 Å². The Balaban J connectivity index is 1.59. The molecule has 0 saturated carbocycles. The number of fused-ring (bicyclic) bond motifs is 1. The van der Waals surface area contributed by atoms with Crippen LogP contribution in [0.4, 0.5) is 0 Å². The SMILES string of the molecule is CCN(C)C(=O)C1C2C(=O)N(Cc3cccc(OC)c3)C[C@]23C=C[C@H]1O3. The number of carbonyl (C=O) groups excluding carboxylic acids is 2. The highest BCUT2D eigenvalue weighted by Gasteiger charge is 2.66. The first-order valence-corrected chi connectivity index (χ1v) is 9.03. The van der Waals surface area contributed by atoms with Gasteiger partial charge in [0.05, 0.1) is 31.6 Å². The summed E-state index contributed by atoms with van der Waals surface area (Å²) in [6.07, 6.45) is 3.65. The Morgan fingerprint density at radius 2 is 2.27 bits per heavy atom. The van der Waals surface area contributed by atoms with Crippen molar-refractivity contribution >= 4 is 11.8 Å². The molecule has 26 heavy (non-hydrogen) atoms. The van der Waals surface area contributed by atoms with Gasteiger partial charge >= 0.3 is 0 Å². The summed E-state index contributed by atoms with van der Waals surface area (Å²) in [6.45, 7) is 3.53. The van der Waals surface area contributed by atoms with Crippen LogP contribution < -0.4 is 4.74 Å². The van der Waals surface area contributed by atoms with Gasteiger partial charge in [-0.25, -0.2) is 0 Å². The fraction of sp³-hybridized carbons (Fsp3) is 0.500. The molecule has 1 aromatic rings. The molecule has 1 aromatic carbocycles. The van der Waals surface area contributed by atoms with E-state index in [1.807, 2.05) is 43.3 Å². The van der Waals surface area contributed by atoms with Gasteiger partial charge in [-0.15, -0.1) is 0 Å². The minimum Gasteiger partial charge on any atom is -0.497 e. The smallest absolute Gasteiger partial charge is 0.230 e. The standard InChI is InChI=1S/C20H24N2O4/c1-4-21(2)18(23)16-15-8-9-20(26-15)12-22(19(24)17(16)20)11-13-6-5-7-14(10-13)25-3/h5-10,15-17H,4,11-12H2,1-3H3/t15-,16?,17?,20-/m1/s1. The normalized spacial score (nSPS) is 31.4. The number of hydrogen-bond acceptors (Lipinski definition) is 4. The number of rotatable bonds is 5. The second-order valence-corrected chi connectivity index (χ2v) is 7.30. The average Bonchev–Trinajstić information content (AvgIpc) is 3.29. The zero-order valence-electron chi connectivity index (χ0n) is 15.3. The molecule has 4 atom stereocenters. The Hall–Kier alpha value is -2.34. The molecule has 138 valence electrons. The van der Waals surface area contributed by atoms with Gasteiger partial charge in [0.1, 0.15) is 11.4 Å². The van der Waals surface area contributed by atoms with Crippen LogP contribution in [0.25, 0.3) is 0 Å². The van der Waals surface area contributed by atoms with Crippen LogP contribution in [-0.2, 0) is 20.9 Å². The Morgan fingerprint density at radius 1 is 1.46 bits per heavy atom. The van der Waals surface area contributed by atoms with Crippen molar-refractivity contribution in [1.82, 2.24) is 9.80 Å². The molecule has 3 aliphatic rings. The summed E-state index contributed by atoms with van der Waals surface area (Å²) in [7, 11) is 3.40. The summed E-state index contributed by atoms with van der Waals surface area (Å²) in [5.74, 6) is -0.0904. The summed E-state index contributed by atoms with van der Waals surface area (Å²) in [5, 5.41) is 0. The van der Waals surface area contributed by atoms with Crippen LogP contribution in [0, 0.1) is 11.8 Å². The number of nitrogens with zero attached hydrogens (tertiary/aromatic N) is 2. The van der Waals surface area contributed by atoms with E-state index in [0.29, 0.717) is 19.6 Å². The van der Waals surface area contributed by atoms with Gasteiger partial charge in [0.25, 0.3) is 0 Å². The Labute approximate surface area is 153 Å². The van der Waals surface area contributed by atoms with Gasteiger partial charge in [0.2, 0.25) is 11.8 Å². The molecule has 0 aromatic heterocycles. The largest absolute Gasteiger partial charge is 0.497 e. The van der Waals surface area contributed by atoms with E-state index < -0.39 is 17.4 Å². The van der Waals surface area contributed by atoms with Gasteiger partial charge in [0.15, 0.2) is 0 Å². The maximum Gasteiger partial charge on any atom is 0.230 e. The highest BCUT2D eigenvalue weighted by Crippen LogP contribution is 2.52. The maximum absolute atomic E-state index is 13.2. The van der Waals surface area contributed by atoms with Crippen molar-refractivity contribution in [3.05, 3.63) is 42.0 Å². The lowest BCUT2D eigenvalue weighted by atomic mass is 9.76. The number of hydrogen-bond donors (Lipinski definition) is 0. The van der Waals surface area contributed by atoms with Crippen molar-refractivity contribution < 1.29 is 19.1 Å². The third-order valence-corrected chi connectivity index (χ3v) is 5.82. The fourth-order valence-electron chi connectivity index (χ4n) is 4.40. The van der Waals surface area contributed by atoms with Crippen molar-refractivity contribution in [2.24, 2.45) is 11.8 Å². The molecule has 0 N–H and O–H groups in total. The van der Waals surface area contributed by atoms with E-state index in [-0.39, 0.29) is 17.9 Å². The maximum atomic E-state index is 13.2. The third-order valence-electron chi connectivity index (χ3n) is 5.82. The van der Waals surface area contributed by atoms with Crippen LogP contribution in [0.2, 0.25) is 0 Å². The topological polar surface area (TPSA) is 59.1 Å². The molecule has 3 aliphatic heterocycles. The quantitative estimate of drug-likeness (QED) is 0.750. The third kappa shape index (κ3) is 2.43. The highest BCUT2D eigenvalue weighted by molar-refractivity contribution is 5.93. The van der Waals surface area contributed by atoms with Crippen LogP contribution in [-0.4, -0.2) is 60.6 Å². The van der Waals surface area contributed by atoms with Gasteiger partial charge in [-0.2, -0.15) is 0 Å². The molecule has 0 aliphatic carbocycles. The molecule has 4 rings (SSSR count). The molecule has 6 heteroatoms. The minimum absolute atomic E-state index is 0.00234.